The second kappa shape index (κ2) is 23.7. The number of hydrogen-bond acceptors (Lipinski definition) is 12. The van der Waals surface area contributed by atoms with Crippen LogP contribution in [0.15, 0.2) is 71.8 Å². The lowest BCUT2D eigenvalue weighted by atomic mass is 9.98. The van der Waals surface area contributed by atoms with Crippen LogP contribution < -0.4 is 20.9 Å². The molecule has 1 atom stereocenters. The van der Waals surface area contributed by atoms with E-state index < -0.39 is 33.8 Å². The van der Waals surface area contributed by atoms with E-state index in [1.165, 1.54) is 0 Å². The van der Waals surface area contributed by atoms with Crippen molar-refractivity contribution in [2.45, 2.75) is 44.7 Å². The van der Waals surface area contributed by atoms with E-state index in [0.717, 1.165) is 45.8 Å². The van der Waals surface area contributed by atoms with Crippen LogP contribution in [0.25, 0.3) is 43.4 Å². The highest BCUT2D eigenvalue weighted by molar-refractivity contribution is 7.85. The normalized spacial score (nSPS) is 11.9. The molecule has 0 aliphatic carbocycles. The molecule has 3 aromatic carbocycles. The first-order valence-electron chi connectivity index (χ1n) is 18.8. The number of unbranched alkanes of at least 4 members (excludes halogenated alkanes) is 2. The van der Waals surface area contributed by atoms with Gasteiger partial charge in [0.15, 0.2) is 0 Å². The lowest BCUT2D eigenvalue weighted by molar-refractivity contribution is -0.659. The Bertz CT molecular complexity index is 2150. The molecule has 0 spiro atoms. The maximum atomic E-state index is 12.5. The predicted molar refractivity (Wildman–Crippen MR) is 214 cm³/mol. The quantitative estimate of drug-likeness (QED) is 0.00980. The van der Waals surface area contributed by atoms with Gasteiger partial charge in [-0.2, -0.15) is 4.57 Å². The molecule has 1 aromatic heterocycles. The number of aliphatic carboxylic acids is 1. The molecule has 0 aliphatic heterocycles. The fourth-order valence-electron chi connectivity index (χ4n) is 6.14. The van der Waals surface area contributed by atoms with E-state index in [1.807, 2.05) is 59.9 Å². The molecule has 18 nitrogen and oxygen atoms in total. The van der Waals surface area contributed by atoms with Crippen molar-refractivity contribution in [3.05, 3.63) is 77.2 Å². The largest absolute Gasteiger partial charge is 0.748 e. The van der Waals surface area contributed by atoms with E-state index in [2.05, 4.69) is 32.0 Å². The summed E-state index contributed by atoms with van der Waals surface area (Å²) in [6.07, 6.45) is 2.52. The minimum absolute atomic E-state index is 0.0484. The third-order valence-corrected chi connectivity index (χ3v) is 9.53. The number of fused-ring (bicyclic) bond motifs is 3. The molecular weight excluding hydrogens is 775 g/mol. The van der Waals surface area contributed by atoms with Gasteiger partial charge in [-0.15, -0.1) is 0 Å². The van der Waals surface area contributed by atoms with E-state index in [-0.39, 0.29) is 32.1 Å². The number of pyridine rings is 1. The van der Waals surface area contributed by atoms with E-state index in [1.54, 1.807) is 0 Å². The molecule has 0 saturated carbocycles. The minimum atomic E-state index is -4.83. The molecule has 4 rings (SSSR count). The number of carbonyl (C=O) groups excluding carboxylic acids is 2. The van der Waals surface area contributed by atoms with Gasteiger partial charge in [-0.3, -0.25) is 9.59 Å². The first kappa shape index (κ1) is 45.3. The Labute approximate surface area is 336 Å². The van der Waals surface area contributed by atoms with Crippen molar-refractivity contribution < 1.29 is 56.0 Å². The van der Waals surface area contributed by atoms with E-state index in [9.17, 15) is 27.4 Å². The van der Waals surface area contributed by atoms with Gasteiger partial charge in [0.05, 0.1) is 79.5 Å². The Morgan fingerprint density at radius 1 is 0.810 bits per heavy atom. The third-order valence-electron chi connectivity index (χ3n) is 8.79. The Balaban J connectivity index is 1.07. The number of aryl methyl sites for hydroxylation is 1. The number of nitrogen functional groups attached to an aromatic ring is 1. The summed E-state index contributed by atoms with van der Waals surface area (Å²) in [5.74, 6) is -3.69. The molecule has 0 bridgehead atoms. The van der Waals surface area contributed by atoms with Crippen molar-refractivity contribution in [1.82, 2.24) is 10.6 Å². The fraction of sp³-hybridized carbons (Fsp3) is 0.436. The Kier molecular flexibility index (Phi) is 18.5. The Hall–Kier alpha value is -5.40. The molecule has 19 heteroatoms. The van der Waals surface area contributed by atoms with Gasteiger partial charge in [0.25, 0.3) is 0 Å². The molecule has 0 radical (unpaired) electrons. The summed E-state index contributed by atoms with van der Waals surface area (Å²) < 4.78 is 56.1. The summed E-state index contributed by atoms with van der Waals surface area (Å²) in [6.45, 7) is 3.01. The molecule has 0 saturated heterocycles. The van der Waals surface area contributed by atoms with Crippen LogP contribution in [0.2, 0.25) is 0 Å². The SMILES string of the molecule is [N-]=[N+]=Nc1ccc2c3ccc(N)cc3c(-c3ccccc3)[n+](CCCCCC(=O)NCCOCCOCCOCCOCCC(=O)N[C@@H](CS(=O)(=O)[O-])C(=O)O)c2c1. The van der Waals surface area contributed by atoms with Gasteiger partial charge < -0.3 is 45.0 Å². The summed E-state index contributed by atoms with van der Waals surface area (Å²) in [4.78, 5) is 38.2. The van der Waals surface area contributed by atoms with Gasteiger partial charge in [0.2, 0.25) is 23.0 Å². The zero-order chi connectivity index (χ0) is 41.8. The number of hydrogen-bond donors (Lipinski definition) is 4. The first-order chi connectivity index (χ1) is 28.0. The monoisotopic (exact) mass is 823 g/mol. The average molecular weight is 824 g/mol. The van der Waals surface area contributed by atoms with Crippen molar-refractivity contribution in [3.63, 3.8) is 0 Å². The number of azide groups is 1. The van der Waals surface area contributed by atoms with Crippen LogP contribution in [0.4, 0.5) is 11.4 Å². The van der Waals surface area contributed by atoms with Crippen LogP contribution in [-0.4, -0.2) is 107 Å². The van der Waals surface area contributed by atoms with Crippen LogP contribution in [0.1, 0.15) is 32.1 Å². The molecule has 58 heavy (non-hydrogen) atoms. The highest BCUT2D eigenvalue weighted by atomic mass is 32.2. The van der Waals surface area contributed by atoms with E-state index >= 15 is 0 Å². The predicted octanol–water partition coefficient (Wildman–Crippen LogP) is 3.72. The molecule has 2 amide bonds. The molecule has 0 aliphatic rings. The second-order valence-electron chi connectivity index (χ2n) is 13.1. The van der Waals surface area contributed by atoms with Crippen molar-refractivity contribution >= 4 is 61.0 Å². The number of nitrogens with one attached hydrogen (secondary N) is 2. The summed E-state index contributed by atoms with van der Waals surface area (Å²) in [5.41, 5.74) is 19.6. The lowest BCUT2D eigenvalue weighted by Gasteiger charge is -2.16. The number of aromatic nitrogens is 1. The number of carboxylic acids is 1. The maximum Gasteiger partial charge on any atom is 0.327 e. The maximum absolute atomic E-state index is 12.5. The zero-order valence-electron chi connectivity index (χ0n) is 32.0. The molecule has 312 valence electrons. The number of ether oxygens (including phenoxy) is 4. The highest BCUT2D eigenvalue weighted by Gasteiger charge is 2.24. The van der Waals surface area contributed by atoms with Gasteiger partial charge in [-0.25, -0.2) is 13.2 Å². The van der Waals surface area contributed by atoms with Crippen molar-refractivity contribution in [1.29, 1.82) is 0 Å². The summed E-state index contributed by atoms with van der Waals surface area (Å²) in [6, 6.07) is 19.9. The third kappa shape index (κ3) is 15.2. The second-order valence-corrected chi connectivity index (χ2v) is 14.6. The van der Waals surface area contributed by atoms with Gasteiger partial charge in [0, 0.05) is 59.1 Å². The van der Waals surface area contributed by atoms with Crippen LogP contribution in [0.5, 0.6) is 0 Å². The van der Waals surface area contributed by atoms with Gasteiger partial charge in [-0.05, 0) is 48.7 Å². The summed E-state index contributed by atoms with van der Waals surface area (Å²) in [7, 11) is -4.83. The van der Waals surface area contributed by atoms with Gasteiger partial charge in [0.1, 0.15) is 12.6 Å². The molecule has 4 aromatic rings. The highest BCUT2D eigenvalue weighted by Crippen LogP contribution is 2.34. The Morgan fingerprint density at radius 2 is 1.47 bits per heavy atom. The van der Waals surface area contributed by atoms with Crippen LogP contribution in [-0.2, 0) is 50.0 Å². The summed E-state index contributed by atoms with van der Waals surface area (Å²) in [5, 5.41) is 20.7. The number of anilines is 1. The number of carboxylic acid groups (broad SMARTS) is 1. The molecule has 1 heterocycles. The van der Waals surface area contributed by atoms with Crippen LogP contribution >= 0.6 is 0 Å². The molecule has 5 N–H and O–H groups in total. The van der Waals surface area contributed by atoms with Crippen molar-refractivity contribution in [3.8, 4) is 11.3 Å². The smallest absolute Gasteiger partial charge is 0.327 e. The lowest BCUT2D eigenvalue weighted by Crippen LogP contribution is -2.45. The number of amides is 2. The number of rotatable bonds is 27. The zero-order valence-corrected chi connectivity index (χ0v) is 32.9. The van der Waals surface area contributed by atoms with Crippen LogP contribution in [0, 0.1) is 0 Å². The first-order valence-corrected chi connectivity index (χ1v) is 20.4. The van der Waals surface area contributed by atoms with Gasteiger partial charge in [-0.1, -0.05) is 35.4 Å². The van der Waals surface area contributed by atoms with Gasteiger partial charge >= 0.3 is 5.97 Å². The van der Waals surface area contributed by atoms with Crippen LogP contribution in [0.3, 0.4) is 0 Å². The number of carbonyl (C=O) groups is 3. The average Bonchev–Trinajstić information content (AvgIpc) is 3.18. The summed E-state index contributed by atoms with van der Waals surface area (Å²) >= 11 is 0. The standard InChI is InChI=1S/C39H49N7O11S/c40-29-10-12-31-32-13-11-30(44-45-41)26-35(32)46(38(33(31)25-29)28-7-3-1-4-8-28)16-6-2-5-9-36(47)42-15-18-55-20-22-57-24-23-56-21-19-54-17-14-37(48)43-34(39(49)50)27-58(51,52)53/h1,3-4,7-8,10-13,25-26,34H,2,5-6,9,14-24,27,40H2,(H3-,42,43,47,48,49,50,51,52,53)/t34-/m0/s1. The van der Waals surface area contributed by atoms with E-state index in [4.69, 9.17) is 35.3 Å². The number of benzene rings is 3. The number of nitrogens with zero attached hydrogens (tertiary/aromatic N) is 4. The fourth-order valence-corrected chi connectivity index (χ4v) is 6.77. The Morgan fingerprint density at radius 3 is 2.12 bits per heavy atom. The topological polar surface area (TPSA) is 268 Å². The molecular formula is C39H49N7O11S. The molecule has 0 unspecified atom stereocenters. The minimum Gasteiger partial charge on any atom is -0.748 e. The van der Waals surface area contributed by atoms with E-state index in [0.29, 0.717) is 70.3 Å². The number of nitrogens with two attached hydrogens (primary N) is 1. The van der Waals surface area contributed by atoms with Crippen molar-refractivity contribution in [2.75, 3.05) is 70.9 Å². The molecule has 0 fully saturated rings. The van der Waals surface area contributed by atoms with Crippen molar-refractivity contribution in [2.24, 2.45) is 5.11 Å².